The minimum Gasteiger partial charge on any atom is -0.497 e. The zero-order chi connectivity index (χ0) is 26.2. The molecule has 0 aliphatic carbocycles. The zero-order valence-corrected chi connectivity index (χ0v) is 21.6. The second-order valence-electron chi connectivity index (χ2n) is 9.55. The van der Waals surface area contributed by atoms with Crippen LogP contribution in [0.3, 0.4) is 0 Å². The first-order valence-corrected chi connectivity index (χ1v) is 13.0. The molecule has 5 rings (SSSR count). The number of methoxy groups -OCH3 is 1. The van der Waals surface area contributed by atoms with Crippen LogP contribution >= 0.6 is 0 Å². The Labute approximate surface area is 224 Å². The number of carbonyl (C=O) groups is 1. The first-order valence-electron chi connectivity index (χ1n) is 13.0. The van der Waals surface area contributed by atoms with E-state index < -0.39 is 12.2 Å². The van der Waals surface area contributed by atoms with Crippen LogP contribution in [-0.4, -0.2) is 36.2 Å². The van der Waals surface area contributed by atoms with Crippen molar-refractivity contribution in [1.29, 1.82) is 0 Å². The fraction of sp³-hybridized carbons (Fsp3) is 0.242. The maximum atomic E-state index is 14.0. The van der Waals surface area contributed by atoms with E-state index in [1.54, 1.807) is 7.11 Å². The average molecular weight is 508 g/mol. The van der Waals surface area contributed by atoms with Crippen molar-refractivity contribution >= 4 is 5.91 Å². The Balaban J connectivity index is 1.45. The molecule has 3 atom stereocenters. The van der Waals surface area contributed by atoms with Gasteiger partial charge in [-0.25, -0.2) is 0 Å². The van der Waals surface area contributed by atoms with Gasteiger partial charge in [0, 0.05) is 6.54 Å². The van der Waals surface area contributed by atoms with Crippen LogP contribution < -0.4 is 4.74 Å². The highest BCUT2D eigenvalue weighted by Crippen LogP contribution is 2.31. The Bertz CT molecular complexity index is 1280. The number of nitrogens with zero attached hydrogens (tertiary/aromatic N) is 1. The van der Waals surface area contributed by atoms with Crippen LogP contribution in [0, 0.1) is 0 Å². The molecule has 0 spiro atoms. The molecule has 38 heavy (non-hydrogen) atoms. The van der Waals surface area contributed by atoms with Gasteiger partial charge in [-0.3, -0.25) is 4.79 Å². The van der Waals surface area contributed by atoms with Crippen LogP contribution in [0.4, 0.5) is 0 Å². The van der Waals surface area contributed by atoms with Gasteiger partial charge >= 0.3 is 0 Å². The molecule has 0 aromatic heterocycles. The number of hydrogen-bond donors (Lipinski definition) is 0. The fourth-order valence-corrected chi connectivity index (χ4v) is 4.94. The molecule has 1 aliphatic heterocycles. The van der Waals surface area contributed by atoms with E-state index in [-0.39, 0.29) is 11.9 Å². The number of rotatable bonds is 11. The van der Waals surface area contributed by atoms with Gasteiger partial charge in [0.2, 0.25) is 0 Å². The van der Waals surface area contributed by atoms with Crippen LogP contribution in [0.25, 0.3) is 0 Å². The summed E-state index contributed by atoms with van der Waals surface area (Å²) in [7, 11) is 1.66. The summed E-state index contributed by atoms with van der Waals surface area (Å²) in [4.78, 5) is 15.9. The van der Waals surface area contributed by atoms with Gasteiger partial charge in [0.15, 0.2) is 6.10 Å². The van der Waals surface area contributed by atoms with Crippen molar-refractivity contribution in [3.8, 4) is 5.75 Å². The molecule has 1 fully saturated rings. The van der Waals surface area contributed by atoms with E-state index in [0.717, 1.165) is 28.0 Å². The largest absolute Gasteiger partial charge is 0.497 e. The van der Waals surface area contributed by atoms with E-state index >= 15 is 0 Å². The van der Waals surface area contributed by atoms with Crippen molar-refractivity contribution in [3.63, 3.8) is 0 Å². The van der Waals surface area contributed by atoms with Gasteiger partial charge in [-0.05, 0) is 40.8 Å². The van der Waals surface area contributed by atoms with Crippen molar-refractivity contribution in [3.05, 3.63) is 138 Å². The van der Waals surface area contributed by atoms with Gasteiger partial charge in [-0.1, -0.05) is 103 Å². The van der Waals surface area contributed by atoms with Gasteiger partial charge in [0.1, 0.15) is 11.9 Å². The molecule has 0 unspecified atom stereocenters. The minimum absolute atomic E-state index is 0.0404. The van der Waals surface area contributed by atoms with Crippen molar-refractivity contribution in [2.75, 3.05) is 7.11 Å². The standard InChI is InChI=1S/C33H33NO4/c1-36-29-19-17-25(18-20-29)21-30-31(37-23-27-13-7-3-8-14-27)32(38-24-28-15-9-4-10-16-28)33(35)34(30)22-26-11-5-2-6-12-26/h2-20,30-32H,21-24H2,1H3/t30-,31+,32-/m1/s1. The number of ether oxygens (including phenoxy) is 3. The molecule has 194 valence electrons. The predicted octanol–water partition coefficient (Wildman–Crippen LogP) is 5.82. The summed E-state index contributed by atoms with van der Waals surface area (Å²) in [6.07, 6.45) is -0.490. The number of amides is 1. The Morgan fingerprint density at radius 1 is 0.632 bits per heavy atom. The fourth-order valence-electron chi connectivity index (χ4n) is 4.94. The number of likely N-dealkylation sites (tertiary alicyclic amines) is 1. The molecular weight excluding hydrogens is 474 g/mol. The lowest BCUT2D eigenvalue weighted by molar-refractivity contribution is -0.142. The summed E-state index contributed by atoms with van der Waals surface area (Å²) < 4.78 is 18.2. The molecule has 1 heterocycles. The molecule has 0 bridgehead atoms. The zero-order valence-electron chi connectivity index (χ0n) is 21.6. The second-order valence-corrected chi connectivity index (χ2v) is 9.55. The maximum absolute atomic E-state index is 14.0. The Morgan fingerprint density at radius 2 is 1.16 bits per heavy atom. The number of benzene rings is 4. The van der Waals surface area contributed by atoms with Gasteiger partial charge in [0.05, 0.1) is 26.4 Å². The molecule has 5 nitrogen and oxygen atoms in total. The van der Waals surface area contributed by atoms with Crippen molar-refractivity contribution in [1.82, 2.24) is 4.90 Å². The molecular formula is C33H33NO4. The van der Waals surface area contributed by atoms with Gasteiger partial charge in [-0.2, -0.15) is 0 Å². The first kappa shape index (κ1) is 25.7. The molecule has 1 amide bonds. The third-order valence-electron chi connectivity index (χ3n) is 6.96. The summed E-state index contributed by atoms with van der Waals surface area (Å²) >= 11 is 0. The lowest BCUT2D eigenvalue weighted by Gasteiger charge is -2.28. The van der Waals surface area contributed by atoms with E-state index in [0.29, 0.717) is 26.2 Å². The molecule has 0 radical (unpaired) electrons. The molecule has 4 aromatic rings. The smallest absolute Gasteiger partial charge is 0.255 e. The monoisotopic (exact) mass is 507 g/mol. The molecule has 4 aromatic carbocycles. The summed E-state index contributed by atoms with van der Waals surface area (Å²) in [5, 5.41) is 0. The molecule has 1 aliphatic rings. The number of carbonyl (C=O) groups excluding carboxylic acids is 1. The van der Waals surface area contributed by atoms with E-state index in [1.165, 1.54) is 0 Å². The highest BCUT2D eigenvalue weighted by molar-refractivity contribution is 5.85. The Hall–Kier alpha value is -3.93. The van der Waals surface area contributed by atoms with Crippen LogP contribution in [-0.2, 0) is 40.4 Å². The van der Waals surface area contributed by atoms with E-state index in [4.69, 9.17) is 14.2 Å². The summed E-state index contributed by atoms with van der Waals surface area (Å²) in [5.74, 6) is 0.764. The van der Waals surface area contributed by atoms with Gasteiger partial charge < -0.3 is 19.1 Å². The van der Waals surface area contributed by atoms with Crippen LogP contribution in [0.15, 0.2) is 115 Å². The third-order valence-corrected chi connectivity index (χ3v) is 6.96. The summed E-state index contributed by atoms with van der Waals surface area (Å²) in [6, 6.07) is 37.9. The number of hydrogen-bond acceptors (Lipinski definition) is 4. The van der Waals surface area contributed by atoms with Crippen LogP contribution in [0.5, 0.6) is 5.75 Å². The normalized spacial score (nSPS) is 19.0. The topological polar surface area (TPSA) is 48.0 Å². The van der Waals surface area contributed by atoms with Crippen molar-refractivity contribution < 1.29 is 19.0 Å². The van der Waals surface area contributed by atoms with E-state index in [9.17, 15) is 4.79 Å². The molecule has 1 saturated heterocycles. The quantitative estimate of drug-likeness (QED) is 0.257. The SMILES string of the molecule is COc1ccc(C[C@@H]2[C@H](OCc3ccccc3)[C@@H](OCc3ccccc3)C(=O)N2Cc2ccccc2)cc1. The first-order chi connectivity index (χ1) is 18.7. The second kappa shape index (κ2) is 12.5. The van der Waals surface area contributed by atoms with Crippen LogP contribution in [0.2, 0.25) is 0 Å². The molecule has 0 N–H and O–H groups in total. The summed E-state index contributed by atoms with van der Waals surface area (Å²) in [6.45, 7) is 1.25. The lowest BCUT2D eigenvalue weighted by Crippen LogP contribution is -2.40. The Morgan fingerprint density at radius 3 is 1.71 bits per heavy atom. The molecule has 5 heteroatoms. The predicted molar refractivity (Wildman–Crippen MR) is 148 cm³/mol. The van der Waals surface area contributed by atoms with E-state index in [2.05, 4.69) is 24.3 Å². The van der Waals surface area contributed by atoms with Gasteiger partial charge in [0.25, 0.3) is 5.91 Å². The summed E-state index contributed by atoms with van der Waals surface area (Å²) in [5.41, 5.74) is 4.27. The maximum Gasteiger partial charge on any atom is 0.255 e. The van der Waals surface area contributed by atoms with Crippen LogP contribution in [0.1, 0.15) is 22.3 Å². The molecule has 0 saturated carbocycles. The van der Waals surface area contributed by atoms with Crippen molar-refractivity contribution in [2.45, 2.75) is 44.4 Å². The lowest BCUT2D eigenvalue weighted by atomic mass is 10.00. The minimum atomic E-state index is -0.703. The van der Waals surface area contributed by atoms with Crippen molar-refractivity contribution in [2.24, 2.45) is 0 Å². The highest BCUT2D eigenvalue weighted by Gasteiger charge is 2.49. The highest BCUT2D eigenvalue weighted by atomic mass is 16.5. The third kappa shape index (κ3) is 6.31. The van der Waals surface area contributed by atoms with E-state index in [1.807, 2.05) is 95.9 Å². The average Bonchev–Trinajstić information content (AvgIpc) is 3.21. The van der Waals surface area contributed by atoms with Gasteiger partial charge in [-0.15, -0.1) is 0 Å². The Kier molecular flexibility index (Phi) is 8.49.